The maximum Gasteiger partial charge on any atom is 0.329 e. The first kappa shape index (κ1) is 33.0. The molecule has 8 rings (SSSR count). The number of amides is 3. The highest BCUT2D eigenvalue weighted by Gasteiger charge is 2.41. The van der Waals surface area contributed by atoms with E-state index in [0.29, 0.717) is 30.5 Å². The van der Waals surface area contributed by atoms with Crippen molar-refractivity contribution in [1.82, 2.24) is 30.3 Å². The van der Waals surface area contributed by atoms with Crippen molar-refractivity contribution in [3.05, 3.63) is 81.7 Å². The van der Waals surface area contributed by atoms with E-state index >= 15 is 0 Å². The zero-order chi connectivity index (χ0) is 35.4. The number of carbonyl (C=O) groups is 3. The highest BCUT2D eigenvalue weighted by Crippen LogP contribution is 2.46. The molecule has 2 aromatic carbocycles. The Balaban J connectivity index is 0.905. The molecule has 4 aromatic rings. The minimum absolute atomic E-state index is 0.0590. The van der Waals surface area contributed by atoms with Gasteiger partial charge in [0.15, 0.2) is 11.6 Å². The van der Waals surface area contributed by atoms with E-state index in [4.69, 9.17) is 0 Å². The average Bonchev–Trinajstić information content (AvgIpc) is 3.55. The molecule has 0 radical (unpaired) electrons. The van der Waals surface area contributed by atoms with Crippen LogP contribution in [0.15, 0.2) is 42.5 Å². The van der Waals surface area contributed by atoms with E-state index in [1.165, 1.54) is 16.2 Å². The van der Waals surface area contributed by atoms with Crippen LogP contribution in [-0.2, 0) is 23.2 Å². The molecule has 0 saturated carbocycles. The average molecular weight is 686 g/mol. The number of hydrogen-bond acceptors (Lipinski definition) is 9. The van der Waals surface area contributed by atoms with Crippen molar-refractivity contribution in [2.24, 2.45) is 0 Å². The zero-order valence-corrected chi connectivity index (χ0v) is 29.5. The zero-order valence-electron chi connectivity index (χ0n) is 29.5. The van der Waals surface area contributed by atoms with Gasteiger partial charge in [-0.25, -0.2) is 4.79 Å². The van der Waals surface area contributed by atoms with E-state index in [9.17, 15) is 19.6 Å². The molecular weight excluding hydrogens is 642 g/mol. The predicted molar refractivity (Wildman–Crippen MR) is 194 cm³/mol. The van der Waals surface area contributed by atoms with Crippen molar-refractivity contribution in [2.45, 2.75) is 64.5 Å². The number of ketones is 1. The smallest absolute Gasteiger partial charge is 0.329 e. The molecule has 3 saturated heterocycles. The Hall–Kier alpha value is -5.12. The number of carbonyl (C=O) groups excluding carboxylic acids is 3. The number of fused-ring (bicyclic) bond motifs is 4. The summed E-state index contributed by atoms with van der Waals surface area (Å²) in [6, 6.07) is 16.0. The number of imide groups is 1. The number of aromatic nitrogens is 3. The van der Waals surface area contributed by atoms with Gasteiger partial charge in [-0.15, -0.1) is 5.10 Å². The lowest BCUT2D eigenvalue weighted by Crippen LogP contribution is -2.53. The summed E-state index contributed by atoms with van der Waals surface area (Å²) in [5, 5.41) is 21.3. The van der Waals surface area contributed by atoms with Gasteiger partial charge in [0.1, 0.15) is 0 Å². The molecule has 0 spiro atoms. The van der Waals surface area contributed by atoms with Crippen LogP contribution in [0.1, 0.15) is 84.0 Å². The lowest BCUT2D eigenvalue weighted by atomic mass is 9.70. The molecule has 2 aromatic heterocycles. The Morgan fingerprint density at radius 1 is 0.941 bits per heavy atom. The molecule has 262 valence electrons. The Morgan fingerprint density at radius 3 is 2.41 bits per heavy atom. The number of rotatable bonds is 6. The van der Waals surface area contributed by atoms with Crippen molar-refractivity contribution in [3.63, 3.8) is 0 Å². The molecule has 3 aliphatic heterocycles. The molecular formula is C39H43N9O3. The molecule has 4 aliphatic rings. The van der Waals surface area contributed by atoms with Crippen LogP contribution >= 0.6 is 0 Å². The highest BCUT2D eigenvalue weighted by molar-refractivity contribution is 6.20. The van der Waals surface area contributed by atoms with E-state index in [-0.39, 0.29) is 18.1 Å². The van der Waals surface area contributed by atoms with Crippen molar-refractivity contribution < 1.29 is 14.4 Å². The van der Waals surface area contributed by atoms with Gasteiger partial charge in [-0.1, -0.05) is 26.8 Å². The number of nitrogens with zero attached hydrogens (tertiary/aromatic N) is 7. The Kier molecular flexibility index (Phi) is 8.35. The summed E-state index contributed by atoms with van der Waals surface area (Å²) in [5.74, 6) is 0.249. The summed E-state index contributed by atoms with van der Waals surface area (Å²) in [6.45, 7) is 13.5. The third-order valence-electron chi connectivity index (χ3n) is 11.4. The first-order valence-electron chi connectivity index (χ1n) is 18.1. The standard InChI is InChI=1S/C39H43N9O3/c1-4-25-20-29-30(39(2,3)37-35(36(29)50)28-7-5-24(22-40)19-31(28)41-37)21-32(25)47-12-9-27(10-13-47)46-17-15-45(16-18-46)23-26-6-8-33(44-43-26)48-14-11-34(49)42-38(48)51/h5-8,19-21,27,41H,4,9-18,23H2,1-3H3,(H,42,49,51). The first-order valence-corrected chi connectivity index (χ1v) is 18.1. The second-order valence-corrected chi connectivity index (χ2v) is 14.7. The number of piperidine rings is 1. The van der Waals surface area contributed by atoms with E-state index in [0.717, 1.165) is 97.5 Å². The summed E-state index contributed by atoms with van der Waals surface area (Å²) >= 11 is 0. The van der Waals surface area contributed by atoms with Crippen molar-refractivity contribution in [3.8, 4) is 6.07 Å². The second kappa shape index (κ2) is 12.9. The van der Waals surface area contributed by atoms with Crippen LogP contribution in [0.3, 0.4) is 0 Å². The number of anilines is 2. The normalized spacial score (nSPS) is 19.9. The Morgan fingerprint density at radius 2 is 1.73 bits per heavy atom. The third kappa shape index (κ3) is 5.84. The summed E-state index contributed by atoms with van der Waals surface area (Å²) in [4.78, 5) is 50.2. The SMILES string of the molecule is CCc1cc2c(cc1N1CCC(N3CCN(Cc4ccc(N5CCC(=O)NC5=O)nn4)CC3)CC1)C(C)(C)c1[nH]c3cc(C#N)ccc3c1C2=O. The van der Waals surface area contributed by atoms with Gasteiger partial charge in [-0.2, -0.15) is 10.4 Å². The van der Waals surface area contributed by atoms with Crippen LogP contribution < -0.4 is 15.1 Å². The van der Waals surface area contributed by atoms with E-state index in [1.807, 2.05) is 18.2 Å². The fourth-order valence-corrected chi connectivity index (χ4v) is 8.51. The molecule has 12 nitrogen and oxygen atoms in total. The highest BCUT2D eigenvalue weighted by atomic mass is 16.2. The van der Waals surface area contributed by atoms with Crippen molar-refractivity contribution in [1.29, 1.82) is 5.26 Å². The van der Waals surface area contributed by atoms with Crippen LogP contribution in [0.2, 0.25) is 0 Å². The van der Waals surface area contributed by atoms with Crippen LogP contribution in [0, 0.1) is 11.3 Å². The van der Waals surface area contributed by atoms with Gasteiger partial charge in [0, 0.05) is 98.1 Å². The minimum Gasteiger partial charge on any atom is -0.371 e. The number of urea groups is 1. The van der Waals surface area contributed by atoms with Crippen LogP contribution in [0.4, 0.5) is 16.3 Å². The molecule has 3 fully saturated rings. The van der Waals surface area contributed by atoms with Crippen molar-refractivity contribution >= 4 is 40.1 Å². The molecule has 2 N–H and O–H groups in total. The first-order chi connectivity index (χ1) is 24.6. The molecule has 0 unspecified atom stereocenters. The quantitative estimate of drug-likeness (QED) is 0.300. The van der Waals surface area contributed by atoms with Gasteiger partial charge in [-0.05, 0) is 66.8 Å². The van der Waals surface area contributed by atoms with Crippen molar-refractivity contribution in [2.75, 3.05) is 55.6 Å². The molecule has 3 amide bonds. The number of hydrogen-bond donors (Lipinski definition) is 2. The van der Waals surface area contributed by atoms with Gasteiger partial charge >= 0.3 is 6.03 Å². The molecule has 5 heterocycles. The Labute approximate surface area is 297 Å². The van der Waals surface area contributed by atoms with Crippen LogP contribution in [-0.4, -0.2) is 94.6 Å². The maximum absolute atomic E-state index is 14.1. The summed E-state index contributed by atoms with van der Waals surface area (Å²) in [5.41, 5.74) is 7.84. The summed E-state index contributed by atoms with van der Waals surface area (Å²) in [6.07, 6.45) is 3.30. The number of aromatic amines is 1. The monoisotopic (exact) mass is 685 g/mol. The fraction of sp³-hybridized carbons (Fsp3) is 0.436. The number of nitrogens with one attached hydrogen (secondary N) is 2. The molecule has 12 heteroatoms. The summed E-state index contributed by atoms with van der Waals surface area (Å²) in [7, 11) is 0. The van der Waals surface area contributed by atoms with Gasteiger partial charge in [-0.3, -0.25) is 29.6 Å². The van der Waals surface area contributed by atoms with Crippen LogP contribution in [0.25, 0.3) is 10.9 Å². The van der Waals surface area contributed by atoms with Gasteiger partial charge < -0.3 is 9.88 Å². The van der Waals surface area contributed by atoms with Gasteiger partial charge in [0.25, 0.3) is 0 Å². The molecule has 0 atom stereocenters. The van der Waals surface area contributed by atoms with E-state index < -0.39 is 11.4 Å². The lowest BCUT2D eigenvalue weighted by molar-refractivity contribution is -0.120. The number of aryl methyl sites for hydroxylation is 1. The Bertz CT molecular complexity index is 2080. The van der Waals surface area contributed by atoms with E-state index in [2.05, 4.69) is 74.2 Å². The second-order valence-electron chi connectivity index (χ2n) is 14.7. The number of benzene rings is 2. The van der Waals surface area contributed by atoms with Crippen LogP contribution in [0.5, 0.6) is 0 Å². The molecule has 0 bridgehead atoms. The minimum atomic E-state index is -0.453. The largest absolute Gasteiger partial charge is 0.371 e. The van der Waals surface area contributed by atoms with E-state index in [1.54, 1.807) is 12.1 Å². The topological polar surface area (TPSA) is 142 Å². The number of H-pyrrole nitrogens is 1. The fourth-order valence-electron chi connectivity index (χ4n) is 8.51. The third-order valence-corrected chi connectivity index (χ3v) is 11.4. The van der Waals surface area contributed by atoms with Gasteiger partial charge in [0.2, 0.25) is 5.91 Å². The predicted octanol–water partition coefficient (Wildman–Crippen LogP) is 4.50. The van der Waals surface area contributed by atoms with Gasteiger partial charge in [0.05, 0.1) is 22.9 Å². The number of nitriles is 1. The molecule has 51 heavy (non-hydrogen) atoms. The molecule has 1 aliphatic carbocycles. The summed E-state index contributed by atoms with van der Waals surface area (Å²) < 4.78 is 0. The lowest BCUT2D eigenvalue weighted by Gasteiger charge is -2.44. The number of piperazine rings is 1. The maximum atomic E-state index is 14.1.